The van der Waals surface area contributed by atoms with Crippen molar-refractivity contribution >= 4 is 11.7 Å². The number of pyridine rings is 1. The number of fused-ring (bicyclic) bond motifs is 2. The van der Waals surface area contributed by atoms with E-state index in [1.807, 2.05) is 17.0 Å². The first-order valence-electron chi connectivity index (χ1n) is 8.60. The van der Waals surface area contributed by atoms with E-state index in [0.29, 0.717) is 11.6 Å². The molecule has 0 N–H and O–H groups in total. The molecule has 3 saturated heterocycles. The largest absolute Gasteiger partial charge is 0.352 e. The molecule has 122 valence electrons. The summed E-state index contributed by atoms with van der Waals surface area (Å²) in [6.45, 7) is 1.69. The van der Waals surface area contributed by atoms with Crippen LogP contribution in [0.3, 0.4) is 0 Å². The van der Waals surface area contributed by atoms with Crippen LogP contribution in [0.25, 0.3) is 0 Å². The molecular formula is C18H19N5O. The fourth-order valence-electron chi connectivity index (χ4n) is 3.89. The zero-order valence-electron chi connectivity index (χ0n) is 13.4. The van der Waals surface area contributed by atoms with E-state index >= 15 is 0 Å². The lowest BCUT2D eigenvalue weighted by Gasteiger charge is -2.56. The summed E-state index contributed by atoms with van der Waals surface area (Å²) in [6.07, 6.45) is 6.92. The van der Waals surface area contributed by atoms with E-state index < -0.39 is 0 Å². The molecule has 2 aromatic heterocycles. The van der Waals surface area contributed by atoms with Gasteiger partial charge in [0.05, 0.1) is 12.1 Å². The van der Waals surface area contributed by atoms with Crippen LogP contribution in [-0.4, -0.2) is 50.9 Å². The Bertz CT molecular complexity index is 764. The summed E-state index contributed by atoms with van der Waals surface area (Å²) < 4.78 is 0. The number of nitrogens with zero attached hydrogens (tertiary/aromatic N) is 5. The number of anilines is 1. The summed E-state index contributed by atoms with van der Waals surface area (Å²) in [7, 11) is 0. The third kappa shape index (κ3) is 2.25. The minimum absolute atomic E-state index is 0.0536. The van der Waals surface area contributed by atoms with Gasteiger partial charge in [0.15, 0.2) is 0 Å². The Balaban J connectivity index is 1.32. The van der Waals surface area contributed by atoms with Crippen molar-refractivity contribution in [2.75, 3.05) is 18.0 Å². The van der Waals surface area contributed by atoms with Crippen molar-refractivity contribution in [3.05, 3.63) is 48.2 Å². The molecule has 0 radical (unpaired) electrons. The van der Waals surface area contributed by atoms with Gasteiger partial charge in [-0.05, 0) is 31.4 Å². The van der Waals surface area contributed by atoms with Gasteiger partial charge in [0.25, 0.3) is 5.91 Å². The van der Waals surface area contributed by atoms with Crippen LogP contribution in [0.1, 0.15) is 41.4 Å². The highest BCUT2D eigenvalue weighted by Crippen LogP contribution is 2.40. The van der Waals surface area contributed by atoms with E-state index in [-0.39, 0.29) is 18.0 Å². The van der Waals surface area contributed by atoms with Crippen LogP contribution in [0.15, 0.2) is 36.8 Å². The minimum atomic E-state index is 0.0536. The molecule has 2 bridgehead atoms. The number of hydrogen-bond donors (Lipinski definition) is 0. The second-order valence-corrected chi connectivity index (χ2v) is 6.95. The molecule has 2 atom stereocenters. The van der Waals surface area contributed by atoms with Crippen molar-refractivity contribution in [1.82, 2.24) is 19.9 Å². The van der Waals surface area contributed by atoms with Crippen molar-refractivity contribution < 1.29 is 4.79 Å². The molecule has 6 rings (SSSR count). The molecule has 1 aliphatic carbocycles. The SMILES string of the molecule is O=C(c1ccccn1)N1C2CC1CN(c1cc(C3CC3)ncn1)C2. The molecule has 0 spiro atoms. The summed E-state index contributed by atoms with van der Waals surface area (Å²) in [5, 5.41) is 0. The lowest BCUT2D eigenvalue weighted by Crippen LogP contribution is -2.70. The van der Waals surface area contributed by atoms with E-state index in [1.54, 1.807) is 18.6 Å². The van der Waals surface area contributed by atoms with E-state index in [9.17, 15) is 4.79 Å². The van der Waals surface area contributed by atoms with Crippen LogP contribution in [0.2, 0.25) is 0 Å². The van der Waals surface area contributed by atoms with Crippen molar-refractivity contribution in [2.45, 2.75) is 37.3 Å². The van der Waals surface area contributed by atoms with Gasteiger partial charge in [0, 0.05) is 37.0 Å². The van der Waals surface area contributed by atoms with E-state index in [0.717, 1.165) is 25.3 Å². The Labute approximate surface area is 140 Å². The Morgan fingerprint density at radius 2 is 1.92 bits per heavy atom. The molecule has 6 heteroatoms. The van der Waals surface area contributed by atoms with Crippen molar-refractivity contribution in [2.24, 2.45) is 0 Å². The molecule has 3 aliphatic heterocycles. The van der Waals surface area contributed by atoms with Crippen molar-refractivity contribution in [1.29, 1.82) is 0 Å². The highest BCUT2D eigenvalue weighted by atomic mass is 16.2. The summed E-state index contributed by atoms with van der Waals surface area (Å²) in [5.41, 5.74) is 1.71. The zero-order chi connectivity index (χ0) is 16.1. The number of hydrogen-bond acceptors (Lipinski definition) is 5. The van der Waals surface area contributed by atoms with Gasteiger partial charge in [0.2, 0.25) is 0 Å². The monoisotopic (exact) mass is 321 g/mol. The third-order valence-corrected chi connectivity index (χ3v) is 5.31. The number of carbonyl (C=O) groups excluding carboxylic acids is 1. The standard InChI is InChI=1S/C18H19N5O/c24-18(15-3-1-2-6-19-15)23-13-7-14(23)10-22(9-13)17-8-16(12-4-5-12)20-11-21-17/h1-3,6,8,11-14H,4-5,7,9-10H2. The number of piperidine rings is 1. The van der Waals surface area contributed by atoms with Crippen LogP contribution in [0.4, 0.5) is 5.82 Å². The van der Waals surface area contributed by atoms with Gasteiger partial charge in [-0.1, -0.05) is 6.07 Å². The molecule has 2 unspecified atom stereocenters. The van der Waals surface area contributed by atoms with Crippen LogP contribution >= 0.6 is 0 Å². The van der Waals surface area contributed by atoms with Crippen molar-refractivity contribution in [3.63, 3.8) is 0 Å². The summed E-state index contributed by atoms with van der Waals surface area (Å²) in [5.74, 6) is 1.69. The fourth-order valence-corrected chi connectivity index (χ4v) is 3.89. The maximum absolute atomic E-state index is 12.7. The van der Waals surface area contributed by atoms with Crippen molar-refractivity contribution in [3.8, 4) is 0 Å². The molecule has 6 nitrogen and oxygen atoms in total. The van der Waals surface area contributed by atoms with Gasteiger partial charge in [-0.25, -0.2) is 9.97 Å². The fraction of sp³-hybridized carbons (Fsp3) is 0.444. The maximum atomic E-state index is 12.7. The van der Waals surface area contributed by atoms with Gasteiger partial charge >= 0.3 is 0 Å². The number of carbonyl (C=O) groups is 1. The van der Waals surface area contributed by atoms with Crippen LogP contribution in [0.5, 0.6) is 0 Å². The molecule has 1 saturated carbocycles. The highest BCUT2D eigenvalue weighted by molar-refractivity contribution is 5.93. The number of amides is 1. The van der Waals surface area contributed by atoms with Gasteiger partial charge in [-0.15, -0.1) is 0 Å². The van der Waals surface area contributed by atoms with E-state index in [4.69, 9.17) is 0 Å². The average molecular weight is 321 g/mol. The number of rotatable bonds is 3. The molecule has 4 aliphatic rings. The maximum Gasteiger partial charge on any atom is 0.273 e. The predicted octanol–water partition coefficient (Wildman–Crippen LogP) is 1.85. The van der Waals surface area contributed by atoms with Crippen LogP contribution < -0.4 is 4.90 Å². The quantitative estimate of drug-likeness (QED) is 0.863. The molecule has 0 aromatic carbocycles. The second kappa shape index (κ2) is 5.26. The lowest BCUT2D eigenvalue weighted by molar-refractivity contribution is 0.00524. The molecular weight excluding hydrogens is 302 g/mol. The minimum Gasteiger partial charge on any atom is -0.352 e. The van der Waals surface area contributed by atoms with Crippen LogP contribution in [0, 0.1) is 0 Å². The predicted molar refractivity (Wildman–Crippen MR) is 88.8 cm³/mol. The number of piperazine rings is 1. The first kappa shape index (κ1) is 13.9. The van der Waals surface area contributed by atoms with Gasteiger partial charge in [0.1, 0.15) is 17.8 Å². The molecule has 2 aromatic rings. The Hall–Kier alpha value is -2.50. The molecule has 1 amide bonds. The topological polar surface area (TPSA) is 62.2 Å². The molecule has 24 heavy (non-hydrogen) atoms. The molecule has 4 fully saturated rings. The highest BCUT2D eigenvalue weighted by Gasteiger charge is 2.48. The summed E-state index contributed by atoms with van der Waals surface area (Å²) >= 11 is 0. The lowest BCUT2D eigenvalue weighted by atomic mass is 9.87. The first-order chi connectivity index (χ1) is 11.8. The Kier molecular flexibility index (Phi) is 3.04. The number of aromatic nitrogens is 3. The second-order valence-electron chi connectivity index (χ2n) is 6.95. The first-order valence-corrected chi connectivity index (χ1v) is 8.60. The van der Waals surface area contributed by atoms with E-state index in [1.165, 1.54) is 18.5 Å². The average Bonchev–Trinajstić information content (AvgIpc) is 3.48. The normalized spacial score (nSPS) is 25.3. The van der Waals surface area contributed by atoms with Gasteiger partial charge < -0.3 is 9.80 Å². The molecule has 5 heterocycles. The summed E-state index contributed by atoms with van der Waals surface area (Å²) in [6, 6.07) is 8.15. The van der Waals surface area contributed by atoms with Crippen LogP contribution in [-0.2, 0) is 0 Å². The smallest absolute Gasteiger partial charge is 0.273 e. The zero-order valence-corrected chi connectivity index (χ0v) is 13.4. The third-order valence-electron chi connectivity index (χ3n) is 5.31. The van der Waals surface area contributed by atoms with Gasteiger partial charge in [-0.3, -0.25) is 9.78 Å². The summed E-state index contributed by atoms with van der Waals surface area (Å²) in [4.78, 5) is 30.0. The van der Waals surface area contributed by atoms with Gasteiger partial charge in [-0.2, -0.15) is 0 Å². The van der Waals surface area contributed by atoms with E-state index in [2.05, 4.69) is 25.9 Å². The Morgan fingerprint density at radius 3 is 2.62 bits per heavy atom. The Morgan fingerprint density at radius 1 is 1.08 bits per heavy atom.